The number of thiophene rings is 1. The number of hydrogen-bond acceptors (Lipinski definition) is 5. The molecule has 1 heterocycles. The largest absolute Gasteiger partial charge is 0.388 e. The maximum absolute atomic E-state index is 11.9. The molecule has 7 heteroatoms. The number of benzene rings is 1. The van der Waals surface area contributed by atoms with Gasteiger partial charge in [0.1, 0.15) is 0 Å². The average molecular weight is 361 g/mol. The second-order valence-corrected chi connectivity index (χ2v) is 7.08. The number of aliphatic hydroxyl groups excluding tert-OH is 1. The van der Waals surface area contributed by atoms with Gasteiger partial charge in [-0.15, -0.1) is 11.3 Å². The third-order valence-electron chi connectivity index (χ3n) is 3.60. The van der Waals surface area contributed by atoms with E-state index >= 15 is 0 Å². The Morgan fingerprint density at radius 3 is 2.36 bits per heavy atom. The summed E-state index contributed by atoms with van der Waals surface area (Å²) in [6.07, 6.45) is 0.131. The molecule has 0 fully saturated rings. The van der Waals surface area contributed by atoms with Gasteiger partial charge in [-0.25, -0.2) is 0 Å². The van der Waals surface area contributed by atoms with Gasteiger partial charge in [-0.2, -0.15) is 0 Å². The van der Waals surface area contributed by atoms with Crippen LogP contribution in [0.15, 0.2) is 36.4 Å². The fourth-order valence-electron chi connectivity index (χ4n) is 2.16. The van der Waals surface area contributed by atoms with Crippen LogP contribution < -0.4 is 15.5 Å². The maximum Gasteiger partial charge on any atom is 0.313 e. The predicted octanol–water partition coefficient (Wildman–Crippen LogP) is 2.16. The standard InChI is InChI=1S/C18H23N3O3S/c1-12(22)16-9-8-15(25-16)10-11-19-17(23)18(24)20-13-4-6-14(7-5-13)21(2)3/h4-9,12,22H,10-11H2,1-3H3,(H,19,23)(H,20,24)/t12-/m0/s1. The molecule has 0 radical (unpaired) electrons. The van der Waals surface area contributed by atoms with Crippen molar-refractivity contribution >= 4 is 34.5 Å². The number of carbonyl (C=O) groups is 2. The highest BCUT2D eigenvalue weighted by molar-refractivity contribution is 7.12. The van der Waals surface area contributed by atoms with E-state index in [-0.39, 0.29) is 0 Å². The van der Waals surface area contributed by atoms with E-state index in [1.54, 1.807) is 19.1 Å². The van der Waals surface area contributed by atoms with Gasteiger partial charge in [-0.1, -0.05) is 0 Å². The third kappa shape index (κ3) is 5.58. The van der Waals surface area contributed by atoms with Crippen LogP contribution in [0.3, 0.4) is 0 Å². The van der Waals surface area contributed by atoms with Crippen molar-refractivity contribution < 1.29 is 14.7 Å². The first-order valence-electron chi connectivity index (χ1n) is 8.00. The molecule has 3 N–H and O–H groups in total. The van der Waals surface area contributed by atoms with E-state index in [0.717, 1.165) is 15.4 Å². The van der Waals surface area contributed by atoms with Crippen LogP contribution in [0.5, 0.6) is 0 Å². The Balaban J connectivity index is 1.78. The van der Waals surface area contributed by atoms with E-state index in [2.05, 4.69) is 10.6 Å². The molecular weight excluding hydrogens is 338 g/mol. The summed E-state index contributed by atoms with van der Waals surface area (Å²) in [5, 5.41) is 14.7. The highest BCUT2D eigenvalue weighted by Gasteiger charge is 2.13. The van der Waals surface area contributed by atoms with Crippen molar-refractivity contribution in [3.05, 3.63) is 46.2 Å². The number of hydrogen-bond donors (Lipinski definition) is 3. The van der Waals surface area contributed by atoms with E-state index in [1.807, 2.05) is 43.3 Å². The summed E-state index contributed by atoms with van der Waals surface area (Å²) in [6.45, 7) is 2.08. The summed E-state index contributed by atoms with van der Waals surface area (Å²) in [6, 6.07) is 11.0. The fourth-order valence-corrected chi connectivity index (χ4v) is 3.11. The molecule has 0 saturated heterocycles. The lowest BCUT2D eigenvalue weighted by molar-refractivity contribution is -0.136. The molecule has 2 rings (SSSR count). The van der Waals surface area contributed by atoms with E-state index in [9.17, 15) is 14.7 Å². The zero-order valence-electron chi connectivity index (χ0n) is 14.6. The second-order valence-electron chi connectivity index (χ2n) is 5.88. The molecule has 0 aliphatic rings. The normalized spacial score (nSPS) is 11.7. The lowest BCUT2D eigenvalue weighted by Crippen LogP contribution is -2.36. The van der Waals surface area contributed by atoms with E-state index < -0.39 is 17.9 Å². The SMILES string of the molecule is C[C@H](O)c1ccc(CCNC(=O)C(=O)Nc2ccc(N(C)C)cc2)s1. The van der Waals surface area contributed by atoms with Crippen molar-refractivity contribution in [2.45, 2.75) is 19.4 Å². The summed E-state index contributed by atoms with van der Waals surface area (Å²) in [4.78, 5) is 27.7. The number of aliphatic hydroxyl groups is 1. The van der Waals surface area contributed by atoms with Crippen molar-refractivity contribution in [1.29, 1.82) is 0 Å². The van der Waals surface area contributed by atoms with Crippen LogP contribution in [0, 0.1) is 0 Å². The number of nitrogens with one attached hydrogen (secondary N) is 2. The highest BCUT2D eigenvalue weighted by atomic mass is 32.1. The van der Waals surface area contributed by atoms with Crippen molar-refractivity contribution in [2.24, 2.45) is 0 Å². The van der Waals surface area contributed by atoms with Crippen molar-refractivity contribution in [3.63, 3.8) is 0 Å². The maximum atomic E-state index is 11.9. The Morgan fingerprint density at radius 2 is 1.80 bits per heavy atom. The van der Waals surface area contributed by atoms with Crippen molar-refractivity contribution in [1.82, 2.24) is 5.32 Å². The summed E-state index contributed by atoms with van der Waals surface area (Å²) < 4.78 is 0. The molecule has 1 atom stereocenters. The molecule has 6 nitrogen and oxygen atoms in total. The topological polar surface area (TPSA) is 81.7 Å². The molecule has 0 spiro atoms. The van der Waals surface area contributed by atoms with Gasteiger partial charge in [0.15, 0.2) is 0 Å². The van der Waals surface area contributed by atoms with E-state index in [4.69, 9.17) is 0 Å². The number of nitrogens with zero attached hydrogens (tertiary/aromatic N) is 1. The number of rotatable bonds is 6. The summed E-state index contributed by atoms with van der Waals surface area (Å²) in [5.74, 6) is -1.35. The van der Waals surface area contributed by atoms with Gasteiger partial charge in [0.05, 0.1) is 6.10 Å². The molecule has 134 valence electrons. The summed E-state index contributed by atoms with van der Waals surface area (Å²) in [7, 11) is 3.86. The van der Waals surface area contributed by atoms with Gasteiger partial charge >= 0.3 is 11.8 Å². The van der Waals surface area contributed by atoms with Crippen LogP contribution in [-0.4, -0.2) is 37.6 Å². The van der Waals surface area contributed by atoms with Gasteiger partial charge in [-0.3, -0.25) is 9.59 Å². The molecule has 25 heavy (non-hydrogen) atoms. The zero-order valence-corrected chi connectivity index (χ0v) is 15.4. The van der Waals surface area contributed by atoms with Crippen molar-refractivity contribution in [2.75, 3.05) is 30.9 Å². The van der Waals surface area contributed by atoms with Crippen LogP contribution in [0.2, 0.25) is 0 Å². The Hall–Kier alpha value is -2.38. The van der Waals surface area contributed by atoms with Gasteiger partial charge < -0.3 is 20.6 Å². The van der Waals surface area contributed by atoms with Crippen LogP contribution in [-0.2, 0) is 16.0 Å². The van der Waals surface area contributed by atoms with Gasteiger partial charge in [0, 0.05) is 41.8 Å². The molecule has 1 aromatic heterocycles. The minimum absolute atomic E-state index is 0.367. The smallest absolute Gasteiger partial charge is 0.313 e. The minimum Gasteiger partial charge on any atom is -0.388 e. The Kier molecular flexibility index (Phi) is 6.55. The van der Waals surface area contributed by atoms with Gasteiger partial charge in [0.2, 0.25) is 0 Å². The van der Waals surface area contributed by atoms with Crippen LogP contribution >= 0.6 is 11.3 Å². The van der Waals surface area contributed by atoms with Crippen LogP contribution in [0.25, 0.3) is 0 Å². The summed E-state index contributed by atoms with van der Waals surface area (Å²) in [5.41, 5.74) is 1.58. The molecule has 0 aliphatic heterocycles. The first-order chi connectivity index (χ1) is 11.9. The highest BCUT2D eigenvalue weighted by Crippen LogP contribution is 2.22. The molecule has 0 unspecified atom stereocenters. The van der Waals surface area contributed by atoms with Crippen molar-refractivity contribution in [3.8, 4) is 0 Å². The number of carbonyl (C=O) groups excluding carboxylic acids is 2. The van der Waals surface area contributed by atoms with Crippen LogP contribution in [0.1, 0.15) is 22.8 Å². The Labute approximate surface area is 151 Å². The Morgan fingerprint density at radius 1 is 1.12 bits per heavy atom. The summed E-state index contributed by atoms with van der Waals surface area (Å²) >= 11 is 1.50. The zero-order chi connectivity index (χ0) is 18.4. The van der Waals surface area contributed by atoms with Crippen LogP contribution in [0.4, 0.5) is 11.4 Å². The second kappa shape index (κ2) is 8.64. The lowest BCUT2D eigenvalue weighted by Gasteiger charge is -2.13. The minimum atomic E-state index is -0.687. The monoisotopic (exact) mass is 361 g/mol. The third-order valence-corrected chi connectivity index (χ3v) is 4.91. The molecule has 2 amide bonds. The first kappa shape index (κ1) is 19.0. The number of amides is 2. The van der Waals surface area contributed by atoms with Gasteiger partial charge in [0.25, 0.3) is 0 Å². The fraction of sp³-hybridized carbons (Fsp3) is 0.333. The first-order valence-corrected chi connectivity index (χ1v) is 8.81. The lowest BCUT2D eigenvalue weighted by atomic mass is 10.2. The molecule has 0 bridgehead atoms. The quantitative estimate of drug-likeness (QED) is 0.689. The molecule has 2 aromatic rings. The van der Waals surface area contributed by atoms with E-state index in [0.29, 0.717) is 18.7 Å². The Bertz CT molecular complexity index is 723. The van der Waals surface area contributed by atoms with Gasteiger partial charge in [-0.05, 0) is 49.7 Å². The molecule has 0 saturated carbocycles. The molecule has 0 aliphatic carbocycles. The molecule has 1 aromatic carbocycles. The molecular formula is C18H23N3O3S. The predicted molar refractivity (Wildman–Crippen MR) is 101 cm³/mol. The average Bonchev–Trinajstić information content (AvgIpc) is 3.04. The number of anilines is 2. The van der Waals surface area contributed by atoms with E-state index in [1.165, 1.54) is 11.3 Å².